The van der Waals surface area contributed by atoms with Gasteiger partial charge in [0.05, 0.1) is 11.3 Å². The predicted molar refractivity (Wildman–Crippen MR) is 51.6 cm³/mol. The van der Waals surface area contributed by atoms with E-state index in [0.29, 0.717) is 0 Å². The van der Waals surface area contributed by atoms with Gasteiger partial charge in [-0.3, -0.25) is 14.9 Å². The lowest BCUT2D eigenvalue weighted by Crippen LogP contribution is -2.45. The van der Waals surface area contributed by atoms with Gasteiger partial charge in [-0.2, -0.15) is 4.99 Å². The smallest absolute Gasteiger partial charge is 0.352 e. The minimum Gasteiger partial charge on any atom is -0.480 e. The zero-order chi connectivity index (χ0) is 11.6. The summed E-state index contributed by atoms with van der Waals surface area (Å²) in [6.07, 6.45) is 0.612. The van der Waals surface area contributed by atoms with Crippen LogP contribution in [0.4, 0.5) is 0 Å². The number of nitro groups is 1. The Morgan fingerprint density at radius 2 is 2.47 bits per heavy atom. The summed E-state index contributed by atoms with van der Waals surface area (Å²) in [4.78, 5) is 27.9. The van der Waals surface area contributed by atoms with Crippen LogP contribution in [0.5, 0.6) is 0 Å². The maximum absolute atomic E-state index is 10.8. The molecule has 1 rings (SSSR count). The van der Waals surface area contributed by atoms with E-state index in [1.54, 1.807) is 0 Å². The molecule has 0 radical (unpaired) electrons. The molecular weight excluding hydrogens is 204 g/mol. The Morgan fingerprint density at radius 3 is 2.80 bits per heavy atom. The van der Waals surface area contributed by atoms with E-state index in [0.717, 1.165) is 6.21 Å². The maximum atomic E-state index is 10.8. The summed E-state index contributed by atoms with van der Waals surface area (Å²) in [7, 11) is 0. The molecule has 82 valence electrons. The first-order valence-electron chi connectivity index (χ1n) is 4.12. The number of carboxylic acid groups (broad SMARTS) is 1. The highest BCUT2D eigenvalue weighted by Gasteiger charge is 2.46. The highest BCUT2D eigenvalue weighted by Crippen LogP contribution is 2.21. The topological polar surface area (TPSA) is 131 Å². The van der Waals surface area contributed by atoms with Crippen LogP contribution in [0.1, 0.15) is 13.3 Å². The summed E-state index contributed by atoms with van der Waals surface area (Å²) in [6, 6.07) is -1.34. The van der Waals surface area contributed by atoms with E-state index >= 15 is 0 Å². The fourth-order valence-electron chi connectivity index (χ4n) is 1.21. The summed E-state index contributed by atoms with van der Waals surface area (Å²) in [5.41, 5.74) is 3.41. The standard InChI is InChI=1S/C7H10N4O4/c1-4-9-3-7(10-4,11(14)15)2-5(8)6(12)13/h3,5H,2,8H2,1H3,(H,12,13). The Morgan fingerprint density at radius 1 is 1.87 bits per heavy atom. The number of hydrogen-bond donors (Lipinski definition) is 2. The number of carboxylic acids is 1. The third kappa shape index (κ3) is 2.15. The van der Waals surface area contributed by atoms with Crippen molar-refractivity contribution in [2.45, 2.75) is 25.0 Å². The van der Waals surface area contributed by atoms with E-state index in [4.69, 9.17) is 10.8 Å². The van der Waals surface area contributed by atoms with Crippen molar-refractivity contribution in [3.8, 4) is 0 Å². The second-order valence-corrected chi connectivity index (χ2v) is 3.20. The molecule has 0 aromatic rings. The molecule has 15 heavy (non-hydrogen) atoms. The first-order chi connectivity index (χ1) is 6.87. The minimum absolute atomic E-state index is 0.240. The number of hydrogen-bond acceptors (Lipinski definition) is 6. The molecule has 1 aliphatic heterocycles. The van der Waals surface area contributed by atoms with Crippen LogP contribution in [-0.2, 0) is 4.79 Å². The normalized spacial score (nSPS) is 26.1. The highest BCUT2D eigenvalue weighted by molar-refractivity contribution is 5.96. The van der Waals surface area contributed by atoms with E-state index in [1.165, 1.54) is 6.92 Å². The van der Waals surface area contributed by atoms with Crippen LogP contribution in [0.15, 0.2) is 9.98 Å². The van der Waals surface area contributed by atoms with Gasteiger partial charge < -0.3 is 10.8 Å². The van der Waals surface area contributed by atoms with Gasteiger partial charge in [0.1, 0.15) is 18.1 Å². The Bertz CT molecular complexity index is 364. The average molecular weight is 214 g/mol. The van der Waals surface area contributed by atoms with Gasteiger partial charge in [0.2, 0.25) is 0 Å². The van der Waals surface area contributed by atoms with E-state index in [9.17, 15) is 14.9 Å². The number of aliphatic imine (C=N–C) groups is 2. The maximum Gasteiger partial charge on any atom is 0.352 e. The van der Waals surface area contributed by atoms with Crippen molar-refractivity contribution < 1.29 is 14.8 Å². The fraction of sp³-hybridized carbons (Fsp3) is 0.571. The molecule has 8 nitrogen and oxygen atoms in total. The zero-order valence-corrected chi connectivity index (χ0v) is 7.95. The molecule has 0 saturated carbocycles. The summed E-state index contributed by atoms with van der Waals surface area (Å²) in [5.74, 6) is -1.06. The van der Waals surface area contributed by atoms with Gasteiger partial charge in [0.15, 0.2) is 0 Å². The van der Waals surface area contributed by atoms with Crippen molar-refractivity contribution in [3.63, 3.8) is 0 Å². The van der Waals surface area contributed by atoms with Crippen molar-refractivity contribution >= 4 is 18.0 Å². The quantitative estimate of drug-likeness (QED) is 0.470. The first-order valence-corrected chi connectivity index (χ1v) is 4.12. The van der Waals surface area contributed by atoms with Crippen molar-refractivity contribution in [1.82, 2.24) is 0 Å². The zero-order valence-electron chi connectivity index (χ0n) is 7.95. The molecule has 1 heterocycles. The number of aliphatic carboxylic acids is 1. The Kier molecular flexibility index (Phi) is 2.80. The Hall–Kier alpha value is -1.83. The molecule has 3 N–H and O–H groups in total. The van der Waals surface area contributed by atoms with E-state index in [-0.39, 0.29) is 5.84 Å². The summed E-state index contributed by atoms with van der Waals surface area (Å²) in [5, 5.41) is 19.3. The van der Waals surface area contributed by atoms with Gasteiger partial charge in [-0.1, -0.05) is 0 Å². The number of amidine groups is 1. The van der Waals surface area contributed by atoms with Crippen LogP contribution >= 0.6 is 0 Å². The molecule has 8 heteroatoms. The second-order valence-electron chi connectivity index (χ2n) is 3.20. The van der Waals surface area contributed by atoms with Crippen molar-refractivity contribution in [2.75, 3.05) is 0 Å². The first kappa shape index (κ1) is 11.2. The number of carbonyl (C=O) groups is 1. The van der Waals surface area contributed by atoms with Crippen LogP contribution in [0.25, 0.3) is 0 Å². The minimum atomic E-state index is -1.82. The van der Waals surface area contributed by atoms with E-state index in [2.05, 4.69) is 9.98 Å². The fourth-order valence-corrected chi connectivity index (χ4v) is 1.21. The third-order valence-electron chi connectivity index (χ3n) is 1.97. The molecule has 2 atom stereocenters. The molecule has 0 aromatic heterocycles. The van der Waals surface area contributed by atoms with Gasteiger partial charge in [0.25, 0.3) is 0 Å². The van der Waals surface area contributed by atoms with Crippen molar-refractivity contribution in [2.24, 2.45) is 15.7 Å². The van der Waals surface area contributed by atoms with Crippen molar-refractivity contribution in [1.29, 1.82) is 0 Å². The number of nitrogens with zero attached hydrogens (tertiary/aromatic N) is 3. The lowest BCUT2D eigenvalue weighted by atomic mass is 10.0. The SMILES string of the molecule is CC1=NC(CC(N)C(=O)O)([N+](=O)[O-])C=N1. The van der Waals surface area contributed by atoms with Gasteiger partial charge in [-0.25, -0.2) is 4.99 Å². The Balaban J connectivity index is 2.92. The number of rotatable bonds is 4. The predicted octanol–water partition coefficient (Wildman–Crippen LogP) is -0.736. The van der Waals surface area contributed by atoms with Crippen LogP contribution in [0.2, 0.25) is 0 Å². The molecule has 0 saturated heterocycles. The summed E-state index contributed by atoms with van der Waals surface area (Å²) >= 11 is 0. The van der Waals surface area contributed by atoms with E-state index < -0.39 is 29.0 Å². The molecule has 0 aliphatic carbocycles. The van der Waals surface area contributed by atoms with Gasteiger partial charge >= 0.3 is 11.6 Å². The molecule has 2 unspecified atom stereocenters. The largest absolute Gasteiger partial charge is 0.480 e. The second kappa shape index (κ2) is 3.73. The average Bonchev–Trinajstić information content (AvgIpc) is 2.48. The van der Waals surface area contributed by atoms with Crippen molar-refractivity contribution in [3.05, 3.63) is 10.1 Å². The molecule has 1 aliphatic rings. The Labute approximate surface area is 84.7 Å². The monoisotopic (exact) mass is 214 g/mol. The summed E-state index contributed by atoms with van der Waals surface area (Å²) < 4.78 is 0. The molecular formula is C7H10N4O4. The lowest BCUT2D eigenvalue weighted by molar-refractivity contribution is -0.544. The third-order valence-corrected chi connectivity index (χ3v) is 1.97. The molecule has 0 spiro atoms. The van der Waals surface area contributed by atoms with Crippen LogP contribution < -0.4 is 5.73 Å². The van der Waals surface area contributed by atoms with Gasteiger partial charge in [-0.15, -0.1) is 0 Å². The van der Waals surface area contributed by atoms with Gasteiger partial charge in [-0.05, 0) is 6.92 Å². The lowest BCUT2D eigenvalue weighted by Gasteiger charge is -2.15. The molecule has 0 fully saturated rings. The van der Waals surface area contributed by atoms with E-state index in [1.807, 2.05) is 0 Å². The van der Waals surface area contributed by atoms with Gasteiger partial charge in [0, 0.05) is 0 Å². The number of nitrogens with two attached hydrogens (primary N) is 1. The summed E-state index contributed by atoms with van der Waals surface area (Å²) in [6.45, 7) is 1.49. The van der Waals surface area contributed by atoms with Crippen LogP contribution in [0.3, 0.4) is 0 Å². The molecule has 0 bridgehead atoms. The molecule has 0 amide bonds. The highest BCUT2D eigenvalue weighted by atomic mass is 16.6. The molecule has 0 aromatic carbocycles. The van der Waals surface area contributed by atoms with Crippen LogP contribution in [-0.4, -0.2) is 39.8 Å². The van der Waals surface area contributed by atoms with Crippen LogP contribution in [0, 0.1) is 10.1 Å².